The van der Waals surface area contributed by atoms with E-state index >= 15 is 0 Å². The van der Waals surface area contributed by atoms with Crippen LogP contribution in [0.25, 0.3) is 0 Å². The molecule has 0 radical (unpaired) electrons. The summed E-state index contributed by atoms with van der Waals surface area (Å²) in [4.78, 5) is 4.00. The summed E-state index contributed by atoms with van der Waals surface area (Å²) in [6.07, 6.45) is 6.37. The normalized spacial score (nSPS) is 19.6. The summed E-state index contributed by atoms with van der Waals surface area (Å²) in [6, 6.07) is 3.42. The fourth-order valence-electron chi connectivity index (χ4n) is 2.10. The second-order valence-electron chi connectivity index (χ2n) is 4.59. The first-order chi connectivity index (χ1) is 8.59. The Hall–Kier alpha value is -0.980. The van der Waals surface area contributed by atoms with Gasteiger partial charge in [0.05, 0.1) is 0 Å². The Morgan fingerprint density at radius 1 is 1.33 bits per heavy atom. The molecule has 1 saturated heterocycles. The average Bonchev–Trinajstić information content (AvgIpc) is 2.40. The largest absolute Gasteiger partial charge is 0.279 e. The lowest BCUT2D eigenvalue weighted by atomic mass is 10.2. The monoisotopic (exact) mass is 269 g/mol. The molecule has 1 atom stereocenters. The highest BCUT2D eigenvalue weighted by Gasteiger charge is 2.25. The van der Waals surface area contributed by atoms with Crippen molar-refractivity contribution >= 4 is 10.2 Å². The summed E-state index contributed by atoms with van der Waals surface area (Å²) >= 11 is 0. The molecule has 0 bridgehead atoms. The van der Waals surface area contributed by atoms with Crippen molar-refractivity contribution in [3.05, 3.63) is 30.1 Å². The molecule has 2 rings (SSSR count). The number of rotatable bonds is 4. The Labute approximate surface area is 108 Å². The number of hydrogen-bond acceptors (Lipinski definition) is 3. The van der Waals surface area contributed by atoms with Crippen molar-refractivity contribution in [3.63, 3.8) is 0 Å². The fourth-order valence-corrected chi connectivity index (χ4v) is 3.57. The highest BCUT2D eigenvalue weighted by atomic mass is 32.2. The van der Waals surface area contributed by atoms with Gasteiger partial charge in [0.1, 0.15) is 0 Å². The van der Waals surface area contributed by atoms with Crippen molar-refractivity contribution in [1.29, 1.82) is 0 Å². The highest BCUT2D eigenvalue weighted by Crippen LogP contribution is 2.16. The zero-order valence-corrected chi connectivity index (χ0v) is 11.4. The van der Waals surface area contributed by atoms with Crippen molar-refractivity contribution in [1.82, 2.24) is 14.0 Å². The summed E-state index contributed by atoms with van der Waals surface area (Å²) in [5, 5.41) is 0. The van der Waals surface area contributed by atoms with Gasteiger partial charge in [-0.3, -0.25) is 4.98 Å². The fraction of sp³-hybridized carbons (Fsp3) is 0.583. The van der Waals surface area contributed by atoms with Crippen LogP contribution in [-0.4, -0.2) is 30.8 Å². The van der Waals surface area contributed by atoms with Gasteiger partial charge in [0.25, 0.3) is 10.2 Å². The van der Waals surface area contributed by atoms with E-state index in [-0.39, 0.29) is 6.04 Å². The van der Waals surface area contributed by atoms with E-state index in [4.69, 9.17) is 0 Å². The SMILES string of the molecule is C[C@H](NS(=O)(=O)N1CCCCC1)c1cccnc1. The molecule has 0 aromatic carbocycles. The molecule has 1 fully saturated rings. The first-order valence-electron chi connectivity index (χ1n) is 6.27. The second-order valence-corrected chi connectivity index (χ2v) is 6.29. The zero-order valence-electron chi connectivity index (χ0n) is 10.5. The van der Waals surface area contributed by atoms with E-state index < -0.39 is 10.2 Å². The van der Waals surface area contributed by atoms with Crippen LogP contribution >= 0.6 is 0 Å². The molecule has 1 aliphatic rings. The van der Waals surface area contributed by atoms with Gasteiger partial charge < -0.3 is 0 Å². The maximum Gasteiger partial charge on any atom is 0.279 e. The molecule has 1 N–H and O–H groups in total. The predicted molar refractivity (Wildman–Crippen MR) is 70.1 cm³/mol. The van der Waals surface area contributed by atoms with Crippen molar-refractivity contribution in [2.45, 2.75) is 32.2 Å². The maximum atomic E-state index is 12.2. The summed E-state index contributed by atoms with van der Waals surface area (Å²) in [5.41, 5.74) is 0.873. The lowest BCUT2D eigenvalue weighted by Crippen LogP contribution is -2.44. The Morgan fingerprint density at radius 2 is 2.06 bits per heavy atom. The number of nitrogens with one attached hydrogen (secondary N) is 1. The molecule has 0 aliphatic carbocycles. The van der Waals surface area contributed by atoms with Crippen LogP contribution in [0.1, 0.15) is 37.8 Å². The van der Waals surface area contributed by atoms with Crippen LogP contribution in [0.2, 0.25) is 0 Å². The van der Waals surface area contributed by atoms with Gasteiger partial charge >= 0.3 is 0 Å². The van der Waals surface area contributed by atoms with Crippen LogP contribution in [-0.2, 0) is 10.2 Å². The van der Waals surface area contributed by atoms with Gasteiger partial charge in [-0.2, -0.15) is 17.4 Å². The van der Waals surface area contributed by atoms with E-state index in [1.165, 1.54) is 4.31 Å². The second kappa shape index (κ2) is 5.77. The molecule has 0 unspecified atom stereocenters. The molecule has 5 nitrogen and oxygen atoms in total. The molecule has 0 spiro atoms. The van der Waals surface area contributed by atoms with Crippen molar-refractivity contribution in [3.8, 4) is 0 Å². The Morgan fingerprint density at radius 3 is 2.67 bits per heavy atom. The van der Waals surface area contributed by atoms with Crippen molar-refractivity contribution in [2.24, 2.45) is 0 Å². The molecule has 6 heteroatoms. The minimum absolute atomic E-state index is 0.259. The third-order valence-corrected chi connectivity index (χ3v) is 4.86. The first kappa shape index (κ1) is 13.5. The molecular formula is C12H19N3O2S. The van der Waals surface area contributed by atoms with Gasteiger partial charge in [0.2, 0.25) is 0 Å². The lowest BCUT2D eigenvalue weighted by molar-refractivity contribution is 0.339. The number of aromatic nitrogens is 1. The number of piperidine rings is 1. The van der Waals surface area contributed by atoms with E-state index in [2.05, 4.69) is 9.71 Å². The molecule has 1 aromatic rings. The smallest absolute Gasteiger partial charge is 0.264 e. The summed E-state index contributed by atoms with van der Waals surface area (Å²) in [5.74, 6) is 0. The van der Waals surface area contributed by atoms with Gasteiger partial charge in [0.15, 0.2) is 0 Å². The van der Waals surface area contributed by atoms with Gasteiger partial charge in [-0.15, -0.1) is 0 Å². The average molecular weight is 269 g/mol. The van der Waals surface area contributed by atoms with Crippen LogP contribution in [0, 0.1) is 0 Å². The van der Waals surface area contributed by atoms with Crippen LogP contribution < -0.4 is 4.72 Å². The minimum Gasteiger partial charge on any atom is -0.264 e. The van der Waals surface area contributed by atoms with Gasteiger partial charge in [-0.05, 0) is 31.4 Å². The summed E-state index contributed by atoms with van der Waals surface area (Å²) < 4.78 is 28.6. The van der Waals surface area contributed by atoms with E-state index in [9.17, 15) is 8.42 Å². The molecule has 1 aliphatic heterocycles. The van der Waals surface area contributed by atoms with Crippen LogP contribution in [0.3, 0.4) is 0 Å². The Bertz CT molecular complexity index is 469. The van der Waals surface area contributed by atoms with Crippen molar-refractivity contribution in [2.75, 3.05) is 13.1 Å². The quantitative estimate of drug-likeness (QED) is 0.900. The lowest BCUT2D eigenvalue weighted by Gasteiger charge is -2.27. The Kier molecular flexibility index (Phi) is 4.31. The topological polar surface area (TPSA) is 62.3 Å². The van der Waals surface area contributed by atoms with Gasteiger partial charge in [0, 0.05) is 31.5 Å². The molecule has 1 aromatic heterocycles. The van der Waals surface area contributed by atoms with Crippen LogP contribution in [0.5, 0.6) is 0 Å². The predicted octanol–water partition coefficient (Wildman–Crippen LogP) is 1.46. The molecule has 0 saturated carbocycles. The molecular weight excluding hydrogens is 250 g/mol. The van der Waals surface area contributed by atoms with Gasteiger partial charge in [-0.25, -0.2) is 0 Å². The van der Waals surface area contributed by atoms with E-state index in [1.54, 1.807) is 18.5 Å². The molecule has 2 heterocycles. The number of pyridine rings is 1. The third-order valence-electron chi connectivity index (χ3n) is 3.17. The zero-order chi connectivity index (χ0) is 13.0. The molecule has 18 heavy (non-hydrogen) atoms. The number of nitrogens with zero attached hydrogens (tertiary/aromatic N) is 2. The van der Waals surface area contributed by atoms with Crippen LogP contribution in [0.4, 0.5) is 0 Å². The van der Waals surface area contributed by atoms with E-state index in [1.807, 2.05) is 13.0 Å². The minimum atomic E-state index is -3.38. The third kappa shape index (κ3) is 3.28. The Balaban J connectivity index is 2.03. The van der Waals surface area contributed by atoms with Crippen LogP contribution in [0.15, 0.2) is 24.5 Å². The molecule has 100 valence electrons. The van der Waals surface area contributed by atoms with E-state index in [0.717, 1.165) is 24.8 Å². The summed E-state index contributed by atoms with van der Waals surface area (Å²) in [6.45, 7) is 3.07. The van der Waals surface area contributed by atoms with Gasteiger partial charge in [-0.1, -0.05) is 12.5 Å². The first-order valence-corrected chi connectivity index (χ1v) is 7.71. The molecule has 0 amide bonds. The highest BCUT2D eigenvalue weighted by molar-refractivity contribution is 7.87. The standard InChI is InChI=1S/C12H19N3O2S/c1-11(12-6-5-7-13-10-12)14-18(16,17)15-8-3-2-4-9-15/h5-7,10-11,14H,2-4,8-9H2,1H3/t11-/m0/s1. The number of hydrogen-bond donors (Lipinski definition) is 1. The van der Waals surface area contributed by atoms with E-state index in [0.29, 0.717) is 13.1 Å². The summed E-state index contributed by atoms with van der Waals surface area (Å²) in [7, 11) is -3.38. The van der Waals surface area contributed by atoms with Crippen molar-refractivity contribution < 1.29 is 8.42 Å². The maximum absolute atomic E-state index is 12.2.